The van der Waals surface area contributed by atoms with E-state index in [0.29, 0.717) is 0 Å². The minimum Gasteiger partial charge on any atom is -0.424 e. The molecule has 0 fully saturated rings. The van der Waals surface area contributed by atoms with Gasteiger partial charge in [-0.25, -0.2) is 0 Å². The summed E-state index contributed by atoms with van der Waals surface area (Å²) in [6.45, 7) is 0. The molecule has 0 saturated heterocycles. The largest absolute Gasteiger partial charge is 1.00 e. The summed E-state index contributed by atoms with van der Waals surface area (Å²) in [4.78, 5) is 21.4. The number of carbonyl (C=O) groups excluding carboxylic acids is 2. The van der Waals surface area contributed by atoms with E-state index in [1.807, 2.05) is 0 Å². The third kappa shape index (κ3) is 2.53. The van der Waals surface area contributed by atoms with E-state index < -0.39 is 0 Å². The van der Waals surface area contributed by atoms with Gasteiger partial charge < -0.3 is 20.2 Å². The Labute approximate surface area is 167 Å². The number of carbonyl (C=O) groups is 2. The number of hydrogen-bond donors (Lipinski definition) is 2. The first-order chi connectivity index (χ1) is 4.79. The van der Waals surface area contributed by atoms with E-state index in [0.717, 1.165) is 0 Å². The van der Waals surface area contributed by atoms with Crippen LogP contribution in [0.1, 0.15) is 0 Å². The Kier molecular flexibility index (Phi) is 6.78. The molecule has 0 aromatic rings. The molecule has 12 heavy (non-hydrogen) atoms. The zero-order chi connectivity index (χ0) is 7.14. The summed E-state index contributed by atoms with van der Waals surface area (Å²) in [7, 11) is 0. The maximum atomic E-state index is 10.7. The summed E-state index contributed by atoms with van der Waals surface area (Å²) in [6, 6.07) is 0. The fourth-order valence-electron chi connectivity index (χ4n) is 0.829. The maximum Gasteiger partial charge on any atom is 1.00 e. The summed E-state index contributed by atoms with van der Waals surface area (Å²) in [5.41, 5.74) is 0.509. The number of nitrogens with one attached hydrogen (secondary N) is 2. The molecule has 2 heterocycles. The van der Waals surface area contributed by atoms with E-state index in [-0.39, 0.29) is 139 Å². The predicted octanol–water partition coefficient (Wildman–Crippen LogP) is -7.37. The molecule has 0 aliphatic carbocycles. The molecule has 0 unspecified atom stereocenters. The summed E-state index contributed by atoms with van der Waals surface area (Å²) in [6.07, 6.45) is 4.85. The molecule has 2 aliphatic rings. The van der Waals surface area contributed by atoms with Gasteiger partial charge in [-0.2, -0.15) is 0 Å². The topological polar surface area (TPSA) is 58.2 Å². The first kappa shape index (κ1) is 14.0. The van der Waals surface area contributed by atoms with E-state index in [1.54, 1.807) is 0 Å². The van der Waals surface area contributed by atoms with Crippen LogP contribution in [0.25, 0.3) is 0 Å². The van der Waals surface area contributed by atoms with Gasteiger partial charge in [0.1, 0.15) is 11.8 Å². The standard InChI is InChI=1S/C6H2N2O2.2Rb/c9-5-3-1-7-6(10)4(3)2-8-5;;/h(H,7,10)(H,8,9);;/q-2;2*+1. The quantitative estimate of drug-likeness (QED) is 0.437. The van der Waals surface area contributed by atoms with Crippen molar-refractivity contribution >= 4 is 11.8 Å². The second-order valence-corrected chi connectivity index (χ2v) is 1.91. The Morgan fingerprint density at radius 1 is 0.833 bits per heavy atom. The van der Waals surface area contributed by atoms with Gasteiger partial charge in [-0.1, -0.05) is 0 Å². The van der Waals surface area contributed by atoms with Crippen LogP contribution in [0.5, 0.6) is 0 Å². The van der Waals surface area contributed by atoms with Crippen molar-refractivity contribution in [1.82, 2.24) is 10.6 Å². The van der Waals surface area contributed by atoms with Gasteiger partial charge in [-0.3, -0.25) is 0 Å². The smallest absolute Gasteiger partial charge is 0.424 e. The zero-order valence-corrected chi connectivity index (χ0v) is 16.6. The van der Waals surface area contributed by atoms with Crippen molar-refractivity contribution < 1.29 is 126 Å². The third-order valence-electron chi connectivity index (χ3n) is 1.31. The van der Waals surface area contributed by atoms with Crippen LogP contribution in [-0.4, -0.2) is 11.8 Å². The molecule has 6 heteroatoms. The molecule has 50 valence electrons. The van der Waals surface area contributed by atoms with Crippen LogP contribution in [0.2, 0.25) is 0 Å². The second kappa shape index (κ2) is 5.80. The van der Waals surface area contributed by atoms with Crippen LogP contribution in [0.4, 0.5) is 0 Å². The Morgan fingerprint density at radius 3 is 1.50 bits per heavy atom. The van der Waals surface area contributed by atoms with Gasteiger partial charge in [-0.15, -0.1) is 23.5 Å². The average molecular weight is 305 g/mol. The SMILES string of the molecule is O=C1N[C-]=C2C(=O)N[C-]=C12.[Rb+].[Rb+]. The molecular formula is C6H2N2O2Rb2. The molecule has 0 spiro atoms. The maximum absolute atomic E-state index is 10.7. The van der Waals surface area contributed by atoms with Crippen LogP contribution in [0.15, 0.2) is 11.1 Å². The minimum atomic E-state index is -0.326. The van der Waals surface area contributed by atoms with Crippen LogP contribution in [-0.2, 0) is 9.59 Å². The summed E-state index contributed by atoms with van der Waals surface area (Å²) < 4.78 is 0. The number of fused-ring (bicyclic) bond motifs is 1. The van der Waals surface area contributed by atoms with Gasteiger partial charge >= 0.3 is 116 Å². The number of amides is 2. The molecular weight excluding hydrogens is 303 g/mol. The molecule has 2 aliphatic heterocycles. The monoisotopic (exact) mass is 304 g/mol. The molecule has 4 nitrogen and oxygen atoms in total. The summed E-state index contributed by atoms with van der Waals surface area (Å²) in [5, 5.41) is 4.53. The van der Waals surface area contributed by atoms with E-state index in [2.05, 4.69) is 23.0 Å². The molecule has 2 amide bonds. The summed E-state index contributed by atoms with van der Waals surface area (Å²) in [5.74, 6) is -0.651. The molecule has 2 N–H and O–H groups in total. The fourth-order valence-corrected chi connectivity index (χ4v) is 0.829. The Morgan fingerprint density at radius 2 is 1.17 bits per heavy atom. The van der Waals surface area contributed by atoms with E-state index in [1.165, 1.54) is 0 Å². The van der Waals surface area contributed by atoms with Crippen molar-refractivity contribution in [2.75, 3.05) is 0 Å². The molecule has 0 radical (unpaired) electrons. The number of hydrogen-bond acceptors (Lipinski definition) is 2. The van der Waals surface area contributed by atoms with Gasteiger partial charge in [0, 0.05) is 0 Å². The minimum absolute atomic E-state index is 0. The summed E-state index contributed by atoms with van der Waals surface area (Å²) >= 11 is 0. The van der Waals surface area contributed by atoms with Crippen molar-refractivity contribution in [2.24, 2.45) is 0 Å². The molecule has 0 aromatic carbocycles. The average Bonchev–Trinajstić information content (AvgIpc) is 2.41. The first-order valence-electron chi connectivity index (χ1n) is 2.66. The molecule has 0 bridgehead atoms. The fraction of sp³-hybridized carbons (Fsp3) is 0. The predicted molar refractivity (Wildman–Crippen MR) is 29.8 cm³/mol. The van der Waals surface area contributed by atoms with Crippen molar-refractivity contribution in [3.8, 4) is 0 Å². The van der Waals surface area contributed by atoms with Crippen LogP contribution in [0.3, 0.4) is 0 Å². The van der Waals surface area contributed by atoms with Crippen LogP contribution >= 0.6 is 0 Å². The normalized spacial score (nSPS) is 17.7. The van der Waals surface area contributed by atoms with Crippen molar-refractivity contribution in [3.63, 3.8) is 0 Å². The van der Waals surface area contributed by atoms with E-state index in [4.69, 9.17) is 0 Å². The molecule has 0 saturated carbocycles. The molecule has 0 atom stereocenters. The van der Waals surface area contributed by atoms with Crippen molar-refractivity contribution in [1.29, 1.82) is 0 Å². The van der Waals surface area contributed by atoms with E-state index in [9.17, 15) is 9.59 Å². The Bertz CT molecular complexity index is 266. The van der Waals surface area contributed by atoms with Gasteiger partial charge in [-0.05, 0) is 0 Å². The van der Waals surface area contributed by atoms with Gasteiger partial charge in [0.2, 0.25) is 0 Å². The van der Waals surface area contributed by atoms with Crippen LogP contribution < -0.4 is 127 Å². The first-order valence-corrected chi connectivity index (χ1v) is 2.66. The molecule has 0 aromatic heterocycles. The Balaban J connectivity index is 0.000000605. The van der Waals surface area contributed by atoms with Crippen molar-refractivity contribution in [3.05, 3.63) is 23.5 Å². The third-order valence-corrected chi connectivity index (χ3v) is 1.31. The van der Waals surface area contributed by atoms with Gasteiger partial charge in [0.15, 0.2) is 0 Å². The van der Waals surface area contributed by atoms with E-state index >= 15 is 0 Å². The number of rotatable bonds is 0. The Hall–Kier alpha value is 2.03. The van der Waals surface area contributed by atoms with Crippen LogP contribution in [0, 0.1) is 12.4 Å². The van der Waals surface area contributed by atoms with Gasteiger partial charge in [0.05, 0.1) is 0 Å². The van der Waals surface area contributed by atoms with Crippen molar-refractivity contribution in [2.45, 2.75) is 0 Å². The second-order valence-electron chi connectivity index (χ2n) is 1.91. The molecule has 2 rings (SSSR count). The zero-order valence-electron chi connectivity index (χ0n) is 6.82. The van der Waals surface area contributed by atoms with Gasteiger partial charge in [0.25, 0.3) is 0 Å².